The molecule has 1 heterocycles. The molecule has 5 heteroatoms. The minimum atomic E-state index is -0.399. The largest absolute Gasteiger partial charge is 0.494 e. The lowest BCUT2D eigenvalue weighted by atomic mass is 10.1. The lowest BCUT2D eigenvalue weighted by Gasteiger charge is -2.26. The molecule has 0 atom stereocenters. The van der Waals surface area contributed by atoms with Crippen LogP contribution >= 0.6 is 0 Å². The van der Waals surface area contributed by atoms with E-state index in [1.807, 2.05) is 24.3 Å². The number of benzene rings is 1. The van der Waals surface area contributed by atoms with Gasteiger partial charge >= 0.3 is 6.09 Å². The minimum Gasteiger partial charge on any atom is -0.494 e. The Kier molecular flexibility index (Phi) is 9.95. The van der Waals surface area contributed by atoms with Crippen LogP contribution < -0.4 is 10.1 Å². The minimum absolute atomic E-state index is 0.399. The number of nitrogens with zero attached hydrogens (tertiary/aromatic N) is 1. The fraction of sp³-hybridized carbons (Fsp3) is 0.667. The molecule has 5 nitrogen and oxygen atoms in total. The molecule has 1 N–H and O–H groups in total. The maximum absolute atomic E-state index is 11.9. The van der Waals surface area contributed by atoms with Crippen molar-refractivity contribution in [3.8, 4) is 5.75 Å². The number of carbonyl (C=O) groups excluding carboxylic acids is 1. The number of anilines is 1. The Morgan fingerprint density at radius 3 is 2.73 bits per heavy atom. The third-order valence-electron chi connectivity index (χ3n) is 4.65. The van der Waals surface area contributed by atoms with Crippen LogP contribution in [-0.2, 0) is 4.74 Å². The van der Waals surface area contributed by atoms with Crippen LogP contribution in [0.3, 0.4) is 0 Å². The number of nitrogens with one attached hydrogen (secondary N) is 1. The Morgan fingerprint density at radius 1 is 1.08 bits per heavy atom. The standard InChI is InChI=1S/C21H34N2O3/c1-2-3-4-8-16-25-20-12-9-11-19(18-20)22-21(24)26-17-10-15-23-13-6-5-7-14-23/h9,11-12,18H,2-8,10,13-17H2,1H3,(H,22,24). The molecule has 1 aliphatic heterocycles. The van der Waals surface area contributed by atoms with E-state index in [0.29, 0.717) is 18.9 Å². The van der Waals surface area contributed by atoms with Crippen molar-refractivity contribution in [2.45, 2.75) is 58.3 Å². The third kappa shape index (κ3) is 8.56. The Bertz CT molecular complexity index is 516. The van der Waals surface area contributed by atoms with E-state index < -0.39 is 6.09 Å². The zero-order chi connectivity index (χ0) is 18.5. The van der Waals surface area contributed by atoms with Gasteiger partial charge in [-0.05, 0) is 50.9 Å². The van der Waals surface area contributed by atoms with E-state index in [2.05, 4.69) is 17.1 Å². The smallest absolute Gasteiger partial charge is 0.411 e. The van der Waals surface area contributed by atoms with Crippen LogP contribution in [0.1, 0.15) is 58.3 Å². The topological polar surface area (TPSA) is 50.8 Å². The van der Waals surface area contributed by atoms with Crippen LogP contribution in [0.15, 0.2) is 24.3 Å². The van der Waals surface area contributed by atoms with Crippen molar-refractivity contribution in [3.63, 3.8) is 0 Å². The van der Waals surface area contributed by atoms with Crippen molar-refractivity contribution >= 4 is 11.8 Å². The van der Waals surface area contributed by atoms with Gasteiger partial charge in [0.05, 0.1) is 13.2 Å². The first-order valence-electron chi connectivity index (χ1n) is 10.2. The third-order valence-corrected chi connectivity index (χ3v) is 4.65. The number of ether oxygens (including phenoxy) is 2. The van der Waals surface area contributed by atoms with Gasteiger partial charge in [-0.25, -0.2) is 4.79 Å². The number of carbonyl (C=O) groups is 1. The first-order valence-corrected chi connectivity index (χ1v) is 10.2. The zero-order valence-electron chi connectivity index (χ0n) is 16.2. The highest BCUT2D eigenvalue weighted by molar-refractivity contribution is 5.84. The molecular formula is C21H34N2O3. The Morgan fingerprint density at radius 2 is 1.92 bits per heavy atom. The van der Waals surface area contributed by atoms with Crippen molar-refractivity contribution in [2.24, 2.45) is 0 Å². The highest BCUT2D eigenvalue weighted by Gasteiger charge is 2.10. The second kappa shape index (κ2) is 12.6. The lowest BCUT2D eigenvalue weighted by molar-refractivity contribution is 0.148. The number of likely N-dealkylation sites (tertiary alicyclic amines) is 1. The molecule has 1 aromatic carbocycles. The highest BCUT2D eigenvalue weighted by Crippen LogP contribution is 2.18. The van der Waals surface area contributed by atoms with Gasteiger partial charge in [-0.15, -0.1) is 0 Å². The first-order chi connectivity index (χ1) is 12.8. The van der Waals surface area contributed by atoms with Gasteiger partial charge in [-0.1, -0.05) is 38.7 Å². The van der Waals surface area contributed by atoms with Crippen molar-refractivity contribution in [3.05, 3.63) is 24.3 Å². The van der Waals surface area contributed by atoms with Crippen LogP contribution in [0, 0.1) is 0 Å². The summed E-state index contributed by atoms with van der Waals surface area (Å²) in [6, 6.07) is 7.48. The fourth-order valence-corrected chi connectivity index (χ4v) is 3.17. The monoisotopic (exact) mass is 362 g/mol. The average Bonchev–Trinajstić information content (AvgIpc) is 2.66. The summed E-state index contributed by atoms with van der Waals surface area (Å²) in [7, 11) is 0. The fourth-order valence-electron chi connectivity index (χ4n) is 3.17. The molecule has 0 unspecified atom stereocenters. The van der Waals surface area contributed by atoms with Crippen molar-refractivity contribution in [1.82, 2.24) is 4.90 Å². The van der Waals surface area contributed by atoms with Gasteiger partial charge in [0.2, 0.25) is 0 Å². The predicted molar refractivity (Wildman–Crippen MR) is 106 cm³/mol. The molecule has 0 aromatic heterocycles. The summed E-state index contributed by atoms with van der Waals surface area (Å²) in [4.78, 5) is 14.4. The number of hydrogen-bond acceptors (Lipinski definition) is 4. The van der Waals surface area contributed by atoms with E-state index in [1.54, 1.807) is 0 Å². The first kappa shape index (κ1) is 20.6. The summed E-state index contributed by atoms with van der Waals surface area (Å²) < 4.78 is 11.0. The molecule has 26 heavy (non-hydrogen) atoms. The number of rotatable bonds is 11. The number of amides is 1. The highest BCUT2D eigenvalue weighted by atomic mass is 16.5. The second-order valence-electron chi connectivity index (χ2n) is 6.95. The van der Waals surface area contributed by atoms with Crippen LogP contribution in [0.25, 0.3) is 0 Å². The number of unbranched alkanes of at least 4 members (excludes halogenated alkanes) is 3. The van der Waals surface area contributed by atoms with E-state index in [-0.39, 0.29) is 0 Å². The molecule has 1 fully saturated rings. The maximum Gasteiger partial charge on any atom is 0.411 e. The molecule has 0 bridgehead atoms. The summed E-state index contributed by atoms with van der Waals surface area (Å²) in [6.07, 6.45) is 9.13. The normalized spacial score (nSPS) is 14.8. The molecule has 1 saturated heterocycles. The second-order valence-corrected chi connectivity index (χ2v) is 6.95. The van der Waals surface area contributed by atoms with Crippen LogP contribution in [0.2, 0.25) is 0 Å². The Hall–Kier alpha value is -1.75. The van der Waals surface area contributed by atoms with E-state index >= 15 is 0 Å². The van der Waals surface area contributed by atoms with E-state index in [4.69, 9.17) is 9.47 Å². The van der Waals surface area contributed by atoms with Gasteiger partial charge < -0.3 is 14.4 Å². The summed E-state index contributed by atoms with van der Waals surface area (Å²) in [5.41, 5.74) is 0.706. The summed E-state index contributed by atoms with van der Waals surface area (Å²) in [5, 5.41) is 2.78. The Labute approximate surface area is 158 Å². The molecule has 1 aromatic rings. The maximum atomic E-state index is 11.9. The molecular weight excluding hydrogens is 328 g/mol. The van der Waals surface area contributed by atoms with Gasteiger partial charge in [0, 0.05) is 18.3 Å². The van der Waals surface area contributed by atoms with Gasteiger partial charge in [-0.2, -0.15) is 0 Å². The van der Waals surface area contributed by atoms with Gasteiger partial charge in [-0.3, -0.25) is 5.32 Å². The van der Waals surface area contributed by atoms with Crippen molar-refractivity contribution in [2.75, 3.05) is 38.2 Å². The SMILES string of the molecule is CCCCCCOc1cccc(NC(=O)OCCCN2CCCCC2)c1. The number of piperidine rings is 1. The molecule has 146 valence electrons. The molecule has 1 amide bonds. The molecule has 0 saturated carbocycles. The summed E-state index contributed by atoms with van der Waals surface area (Å²) >= 11 is 0. The summed E-state index contributed by atoms with van der Waals surface area (Å²) in [5.74, 6) is 0.782. The van der Waals surface area contributed by atoms with Crippen molar-refractivity contribution < 1.29 is 14.3 Å². The molecule has 2 rings (SSSR count). The van der Waals surface area contributed by atoms with E-state index in [9.17, 15) is 4.79 Å². The van der Waals surface area contributed by atoms with Crippen LogP contribution in [-0.4, -0.2) is 43.8 Å². The lowest BCUT2D eigenvalue weighted by Crippen LogP contribution is -2.31. The number of hydrogen-bond donors (Lipinski definition) is 1. The van der Waals surface area contributed by atoms with Gasteiger partial charge in [0.1, 0.15) is 5.75 Å². The Balaban J connectivity index is 1.60. The van der Waals surface area contributed by atoms with E-state index in [1.165, 1.54) is 51.6 Å². The molecule has 0 radical (unpaired) electrons. The molecule has 0 aliphatic carbocycles. The molecule has 1 aliphatic rings. The van der Waals surface area contributed by atoms with Crippen LogP contribution in [0.5, 0.6) is 5.75 Å². The zero-order valence-corrected chi connectivity index (χ0v) is 16.2. The quantitative estimate of drug-likeness (QED) is 0.558. The van der Waals surface area contributed by atoms with Gasteiger partial charge in [0.25, 0.3) is 0 Å². The van der Waals surface area contributed by atoms with Crippen LogP contribution in [0.4, 0.5) is 10.5 Å². The van der Waals surface area contributed by atoms with Crippen molar-refractivity contribution in [1.29, 1.82) is 0 Å². The predicted octanol–water partition coefficient (Wildman–Crippen LogP) is 5.07. The van der Waals surface area contributed by atoms with Gasteiger partial charge in [0.15, 0.2) is 0 Å². The average molecular weight is 363 g/mol. The summed E-state index contributed by atoms with van der Waals surface area (Å²) in [6.45, 7) is 6.73. The molecule has 0 spiro atoms. The van der Waals surface area contributed by atoms with E-state index in [0.717, 1.165) is 25.1 Å².